The highest BCUT2D eigenvalue weighted by atomic mass is 32.2. The van der Waals surface area contributed by atoms with Crippen molar-refractivity contribution in [1.82, 2.24) is 0 Å². The van der Waals surface area contributed by atoms with E-state index >= 15 is 0 Å². The predicted molar refractivity (Wildman–Crippen MR) is 198 cm³/mol. The van der Waals surface area contributed by atoms with Gasteiger partial charge in [-0.1, -0.05) is 47.0 Å². The van der Waals surface area contributed by atoms with Gasteiger partial charge in [-0.15, -0.1) is 0 Å². The first-order valence-corrected chi connectivity index (χ1v) is 27.8. The topological polar surface area (TPSA) is 120 Å². The van der Waals surface area contributed by atoms with Gasteiger partial charge in [0.05, 0.1) is 68.7 Å². The van der Waals surface area contributed by atoms with Crippen molar-refractivity contribution in [3.05, 3.63) is 31.2 Å². The molecular weight excluding hydrogens is 747 g/mol. The third-order valence-corrected chi connectivity index (χ3v) is 20.9. The molecule has 2 aliphatic heterocycles. The predicted octanol–water partition coefficient (Wildman–Crippen LogP) is 8.23. The van der Waals surface area contributed by atoms with Crippen LogP contribution in [0.15, 0.2) is 39.3 Å². The van der Waals surface area contributed by atoms with E-state index in [1.165, 1.54) is 61.3 Å². The lowest BCUT2D eigenvalue weighted by atomic mass is 10.3. The van der Waals surface area contributed by atoms with E-state index in [-0.39, 0.29) is 31.1 Å². The molecule has 11 nitrogen and oxygen atoms in total. The largest absolute Gasteiger partial charge is 0.494 e. The van der Waals surface area contributed by atoms with Crippen LogP contribution >= 0.6 is 47.0 Å². The maximum absolute atomic E-state index is 13.6. The van der Waals surface area contributed by atoms with E-state index in [4.69, 9.17) is 38.5 Å². The van der Waals surface area contributed by atoms with Gasteiger partial charge >= 0.3 is 26.5 Å². The molecule has 1 aromatic carbocycles. The first-order chi connectivity index (χ1) is 22.4. The number of esters is 3. The van der Waals surface area contributed by atoms with E-state index in [0.717, 1.165) is 0 Å². The lowest BCUT2D eigenvalue weighted by molar-refractivity contribution is -0.147. The minimum Gasteiger partial charge on any atom is -0.494 e. The average Bonchev–Trinajstić information content (AvgIpc) is 3.57. The van der Waals surface area contributed by atoms with Crippen LogP contribution < -0.4 is 9.47 Å². The molecule has 18 heteroatoms. The van der Waals surface area contributed by atoms with E-state index in [2.05, 4.69) is 50.7 Å². The van der Waals surface area contributed by atoms with Crippen molar-refractivity contribution in [2.45, 2.75) is 91.7 Å². The van der Waals surface area contributed by atoms with Gasteiger partial charge < -0.3 is 31.9 Å². The zero-order chi connectivity index (χ0) is 36.0. The molecule has 0 atom stereocenters. The number of nitrogens with zero attached hydrogens (tertiary/aromatic N) is 1. The number of rotatable bonds is 15. The van der Waals surface area contributed by atoms with Crippen molar-refractivity contribution in [2.24, 2.45) is 0 Å². The summed E-state index contributed by atoms with van der Waals surface area (Å²) in [5, 5.41) is 0. The van der Waals surface area contributed by atoms with Crippen LogP contribution in [0.4, 0.5) is 0 Å². The molecule has 2 aliphatic rings. The summed E-state index contributed by atoms with van der Waals surface area (Å²) in [6.45, 7) is 26.1. The fourth-order valence-corrected chi connectivity index (χ4v) is 22.9. The second-order valence-corrected chi connectivity index (χ2v) is 29.9. The van der Waals surface area contributed by atoms with E-state index in [1.807, 2.05) is 0 Å². The lowest BCUT2D eigenvalue weighted by Gasteiger charge is -2.38. The smallest absolute Gasteiger partial charge is 0.347 e. The molecule has 1 aromatic rings. The Kier molecular flexibility index (Phi) is 14.3. The highest BCUT2D eigenvalue weighted by Gasteiger charge is 2.42. The van der Waals surface area contributed by atoms with Gasteiger partial charge in [-0.3, -0.25) is 4.79 Å². The van der Waals surface area contributed by atoms with Crippen molar-refractivity contribution >= 4 is 90.2 Å². The maximum Gasteiger partial charge on any atom is 0.347 e. The van der Waals surface area contributed by atoms with E-state index in [1.54, 1.807) is 13.8 Å². The molecule has 0 saturated heterocycles. The van der Waals surface area contributed by atoms with E-state index < -0.39 is 43.1 Å². The first-order valence-electron chi connectivity index (χ1n) is 15.2. The van der Waals surface area contributed by atoms with Crippen LogP contribution in [-0.2, 0) is 36.8 Å². The summed E-state index contributed by atoms with van der Waals surface area (Å²) in [5.74, 6) is -1.33. The highest BCUT2D eigenvalue weighted by Crippen LogP contribution is 2.68. The number of thioether (sulfide) groups is 4. The molecule has 0 bridgehead atoms. The second kappa shape index (κ2) is 16.9. The Balaban J connectivity index is 1.93. The monoisotopic (exact) mass is 789 g/mol. The van der Waals surface area contributed by atoms with Crippen molar-refractivity contribution in [1.29, 1.82) is 0 Å². The molecular formula is C30H43NO10S4Si3. The van der Waals surface area contributed by atoms with E-state index in [0.29, 0.717) is 52.0 Å². The standard InChI is InChI=1S/C30H43NO10S4Si3/c1-13-37-26(32)18(27(33)39-16-15-17-48(12,40-46(6,7)8)41-47(9,10)11)29-42-22-20(35-4)24-25(21(36-5)23(22)43-29)45-30(44-24)19(31-3)28(34)38-14-2/h13-17H2,1-2,4-12H3. The number of hydrogen-bond acceptors (Lipinski definition) is 14. The van der Waals surface area contributed by atoms with Gasteiger partial charge in [0.25, 0.3) is 5.70 Å². The summed E-state index contributed by atoms with van der Waals surface area (Å²) in [4.78, 5) is 45.3. The summed E-state index contributed by atoms with van der Waals surface area (Å²) < 4.78 is 41.7. The van der Waals surface area contributed by atoms with Gasteiger partial charge in [-0.25, -0.2) is 14.4 Å². The van der Waals surface area contributed by atoms with Gasteiger partial charge in [0.2, 0.25) is 0 Å². The van der Waals surface area contributed by atoms with Gasteiger partial charge in [0.15, 0.2) is 22.2 Å². The molecule has 3 rings (SSSR count). The Morgan fingerprint density at radius 1 is 0.667 bits per heavy atom. The van der Waals surface area contributed by atoms with Crippen LogP contribution in [0.2, 0.25) is 51.9 Å². The molecule has 0 aliphatic carbocycles. The quantitative estimate of drug-likeness (QED) is 0.0248. The molecule has 0 aromatic heterocycles. The average molecular weight is 790 g/mol. The number of methoxy groups -OCH3 is 2. The second-order valence-electron chi connectivity index (χ2n) is 12.4. The van der Waals surface area contributed by atoms with Crippen molar-refractivity contribution in [3.63, 3.8) is 0 Å². The molecule has 0 spiro atoms. The first kappa shape index (κ1) is 40.6. The van der Waals surface area contributed by atoms with Crippen LogP contribution in [-0.4, -0.2) is 77.1 Å². The highest BCUT2D eigenvalue weighted by molar-refractivity contribution is 8.26. The van der Waals surface area contributed by atoms with Crippen LogP contribution in [0.5, 0.6) is 11.5 Å². The van der Waals surface area contributed by atoms with Crippen LogP contribution in [0.25, 0.3) is 4.85 Å². The van der Waals surface area contributed by atoms with Gasteiger partial charge in [-0.05, 0) is 72.1 Å². The van der Waals surface area contributed by atoms with Crippen LogP contribution in [0.1, 0.15) is 20.3 Å². The Morgan fingerprint density at radius 3 is 1.48 bits per heavy atom. The molecule has 264 valence electrons. The molecule has 0 amide bonds. The summed E-state index contributed by atoms with van der Waals surface area (Å²) in [7, 11) is -3.29. The lowest BCUT2D eigenvalue weighted by Crippen LogP contribution is -2.52. The van der Waals surface area contributed by atoms with Crippen molar-refractivity contribution in [3.8, 4) is 11.5 Å². The molecule has 0 unspecified atom stereocenters. The third kappa shape index (κ3) is 10.1. The Hall–Kier alpha value is -1.83. The number of fused-ring (bicyclic) bond motifs is 2. The molecule has 0 saturated carbocycles. The summed E-state index contributed by atoms with van der Waals surface area (Å²) in [6, 6.07) is 0.645. The molecule has 0 radical (unpaired) electrons. The maximum atomic E-state index is 13.6. The number of hydrogen-bond donors (Lipinski definition) is 0. The summed E-state index contributed by atoms with van der Waals surface area (Å²) >= 11 is 4.78. The minimum absolute atomic E-state index is 0.0738. The number of ether oxygens (including phenoxy) is 5. The normalized spacial score (nSPS) is 14.1. The Morgan fingerprint density at radius 2 is 1.08 bits per heavy atom. The summed E-state index contributed by atoms with van der Waals surface area (Å²) in [6.07, 6.45) is 0.520. The molecule has 2 heterocycles. The van der Waals surface area contributed by atoms with Crippen LogP contribution in [0, 0.1) is 6.57 Å². The number of carbonyl (C=O) groups is 3. The third-order valence-electron chi connectivity index (χ3n) is 6.14. The fraction of sp³-hybridized carbons (Fsp3) is 0.533. The van der Waals surface area contributed by atoms with Crippen molar-refractivity contribution in [2.75, 3.05) is 34.0 Å². The number of carbonyl (C=O) groups excluding carboxylic acids is 3. The Labute approximate surface area is 303 Å². The Bertz CT molecular complexity index is 1480. The van der Waals surface area contributed by atoms with Gasteiger partial charge in [0, 0.05) is 0 Å². The van der Waals surface area contributed by atoms with Gasteiger partial charge in [-0.2, -0.15) is 0 Å². The van der Waals surface area contributed by atoms with E-state index in [9.17, 15) is 14.4 Å². The van der Waals surface area contributed by atoms with Gasteiger partial charge in [0.1, 0.15) is 11.5 Å². The molecule has 0 fully saturated rings. The SMILES string of the molecule is [C-]#[N+]C(C(=O)OCC)=C1Sc2c(OC)c3c(c(OC)c2S1)SC(=C(C(=O)OCC)C(=O)OCCC[Si](C)(O[Si](C)(C)C)O[Si](C)(C)C)S3. The zero-order valence-electron chi connectivity index (χ0n) is 29.2. The zero-order valence-corrected chi connectivity index (χ0v) is 35.5. The van der Waals surface area contributed by atoms with Crippen molar-refractivity contribution < 1.29 is 46.3 Å². The van der Waals surface area contributed by atoms with Crippen LogP contribution in [0.3, 0.4) is 0 Å². The minimum atomic E-state index is -2.53. The molecule has 0 N–H and O–H groups in total. The summed E-state index contributed by atoms with van der Waals surface area (Å²) in [5.41, 5.74) is -0.329. The number of benzene rings is 1. The fourth-order valence-electron chi connectivity index (χ4n) is 4.85. The molecule has 48 heavy (non-hydrogen) atoms.